The number of morpholine rings is 1. The molecule has 19 heavy (non-hydrogen) atoms. The summed E-state index contributed by atoms with van der Waals surface area (Å²) < 4.78 is 5.38. The molecule has 4 nitrogen and oxygen atoms in total. The van der Waals surface area contributed by atoms with Crippen molar-refractivity contribution in [2.75, 3.05) is 31.2 Å². The highest BCUT2D eigenvalue weighted by Gasteiger charge is 2.28. The lowest BCUT2D eigenvalue weighted by atomic mass is 9.80. The van der Waals surface area contributed by atoms with Crippen molar-refractivity contribution < 1.29 is 14.6 Å². The van der Waals surface area contributed by atoms with E-state index in [9.17, 15) is 4.79 Å². The number of benzene rings is 1. The number of ether oxygens (including phenoxy) is 1. The number of carboxylic acids is 1. The fourth-order valence-electron chi connectivity index (χ4n) is 2.60. The summed E-state index contributed by atoms with van der Waals surface area (Å²) in [5.41, 5.74) is 1.86. The number of aliphatic carboxylic acids is 1. The molecule has 104 valence electrons. The van der Waals surface area contributed by atoms with E-state index in [0.29, 0.717) is 0 Å². The Balaban J connectivity index is 2.31. The number of anilines is 1. The Morgan fingerprint density at radius 2 is 1.95 bits per heavy atom. The van der Waals surface area contributed by atoms with Gasteiger partial charge in [0.2, 0.25) is 0 Å². The van der Waals surface area contributed by atoms with Crippen molar-refractivity contribution in [2.24, 2.45) is 0 Å². The fourth-order valence-corrected chi connectivity index (χ4v) is 2.60. The maximum absolute atomic E-state index is 11.0. The Kier molecular flexibility index (Phi) is 4.10. The van der Waals surface area contributed by atoms with Crippen LogP contribution in [0.15, 0.2) is 24.3 Å². The number of carbonyl (C=O) groups is 1. The van der Waals surface area contributed by atoms with E-state index in [1.54, 1.807) is 0 Å². The van der Waals surface area contributed by atoms with E-state index in [2.05, 4.69) is 11.0 Å². The van der Waals surface area contributed by atoms with Crippen LogP contribution in [0, 0.1) is 0 Å². The van der Waals surface area contributed by atoms with Gasteiger partial charge in [-0.3, -0.25) is 4.79 Å². The summed E-state index contributed by atoms with van der Waals surface area (Å²) in [6.07, 6.45) is 0.133. The van der Waals surface area contributed by atoms with Crippen molar-refractivity contribution in [1.82, 2.24) is 0 Å². The second-order valence-electron chi connectivity index (χ2n) is 5.57. The molecular formula is C15H21NO3. The molecule has 0 atom stereocenters. The van der Waals surface area contributed by atoms with E-state index < -0.39 is 5.97 Å². The van der Waals surface area contributed by atoms with Crippen LogP contribution in [0.2, 0.25) is 0 Å². The third-order valence-corrected chi connectivity index (χ3v) is 3.58. The Morgan fingerprint density at radius 1 is 1.32 bits per heavy atom. The lowest BCUT2D eigenvalue weighted by Gasteiger charge is -2.34. The quantitative estimate of drug-likeness (QED) is 0.905. The average Bonchev–Trinajstić information content (AvgIpc) is 2.38. The van der Waals surface area contributed by atoms with Crippen molar-refractivity contribution >= 4 is 11.7 Å². The predicted octanol–water partition coefficient (Wildman–Crippen LogP) is 2.28. The van der Waals surface area contributed by atoms with Gasteiger partial charge < -0.3 is 14.7 Å². The number of hydrogen-bond donors (Lipinski definition) is 1. The lowest BCUT2D eigenvalue weighted by molar-refractivity contribution is -0.138. The molecule has 1 aromatic carbocycles. The van der Waals surface area contributed by atoms with Gasteiger partial charge in [-0.05, 0) is 11.6 Å². The summed E-state index contributed by atoms with van der Waals surface area (Å²) in [6, 6.07) is 8.09. The topological polar surface area (TPSA) is 49.8 Å². The van der Waals surface area contributed by atoms with Crippen molar-refractivity contribution in [2.45, 2.75) is 25.7 Å². The summed E-state index contributed by atoms with van der Waals surface area (Å²) in [5.74, 6) is -0.762. The molecule has 1 N–H and O–H groups in total. The molecule has 0 bridgehead atoms. The van der Waals surface area contributed by atoms with E-state index in [1.165, 1.54) is 0 Å². The van der Waals surface area contributed by atoms with Gasteiger partial charge in [-0.25, -0.2) is 0 Å². The van der Waals surface area contributed by atoms with Gasteiger partial charge in [0, 0.05) is 24.2 Å². The first-order valence-electron chi connectivity index (χ1n) is 6.65. The van der Waals surface area contributed by atoms with E-state index in [-0.39, 0.29) is 11.8 Å². The summed E-state index contributed by atoms with van der Waals surface area (Å²) in [5, 5.41) is 9.08. The minimum absolute atomic E-state index is 0.133. The van der Waals surface area contributed by atoms with Crippen molar-refractivity contribution in [3.63, 3.8) is 0 Å². The van der Waals surface area contributed by atoms with Crippen molar-refractivity contribution in [3.8, 4) is 0 Å². The highest BCUT2D eigenvalue weighted by atomic mass is 16.5. The molecule has 0 unspecified atom stereocenters. The first kappa shape index (κ1) is 13.9. The molecule has 0 spiro atoms. The van der Waals surface area contributed by atoms with Crippen LogP contribution in [-0.4, -0.2) is 37.4 Å². The Bertz CT molecular complexity index is 450. The van der Waals surface area contributed by atoms with Crippen LogP contribution in [0.4, 0.5) is 5.69 Å². The predicted molar refractivity (Wildman–Crippen MR) is 74.8 cm³/mol. The van der Waals surface area contributed by atoms with Crippen LogP contribution >= 0.6 is 0 Å². The van der Waals surface area contributed by atoms with Crippen LogP contribution in [0.3, 0.4) is 0 Å². The monoisotopic (exact) mass is 263 g/mol. The zero-order valence-electron chi connectivity index (χ0n) is 11.6. The van der Waals surface area contributed by atoms with Crippen LogP contribution in [-0.2, 0) is 14.9 Å². The maximum atomic E-state index is 11.0. The second kappa shape index (κ2) is 5.61. The summed E-state index contributed by atoms with van der Waals surface area (Å²) >= 11 is 0. The first-order valence-corrected chi connectivity index (χ1v) is 6.65. The van der Waals surface area contributed by atoms with Crippen LogP contribution in [0.5, 0.6) is 0 Å². The fraction of sp³-hybridized carbons (Fsp3) is 0.533. The number of carboxylic acid groups (broad SMARTS) is 1. The van der Waals surface area contributed by atoms with E-state index in [0.717, 1.165) is 37.6 Å². The SMILES string of the molecule is CC(C)(CC(=O)O)c1ccccc1N1CCOCC1. The second-order valence-corrected chi connectivity index (χ2v) is 5.57. The van der Waals surface area contributed by atoms with Gasteiger partial charge in [-0.2, -0.15) is 0 Å². The largest absolute Gasteiger partial charge is 0.481 e. The highest BCUT2D eigenvalue weighted by Crippen LogP contribution is 2.35. The summed E-state index contributed by atoms with van der Waals surface area (Å²) in [4.78, 5) is 13.3. The number of nitrogens with zero attached hydrogens (tertiary/aromatic N) is 1. The van der Waals surface area contributed by atoms with Gasteiger partial charge in [0.25, 0.3) is 0 Å². The molecule has 1 aromatic rings. The summed E-state index contributed by atoms with van der Waals surface area (Å²) in [7, 11) is 0. The van der Waals surface area contributed by atoms with Gasteiger partial charge in [0.15, 0.2) is 0 Å². The molecule has 0 amide bonds. The van der Waals surface area contributed by atoms with Gasteiger partial charge in [0.05, 0.1) is 19.6 Å². The molecule has 0 aliphatic carbocycles. The van der Waals surface area contributed by atoms with Gasteiger partial charge in [-0.15, -0.1) is 0 Å². The standard InChI is InChI=1S/C15H21NO3/c1-15(2,11-14(17)18)12-5-3-4-6-13(12)16-7-9-19-10-8-16/h3-6H,7-11H2,1-2H3,(H,17,18). The normalized spacial score (nSPS) is 16.4. The third-order valence-electron chi connectivity index (χ3n) is 3.58. The van der Waals surface area contributed by atoms with Gasteiger partial charge in [-0.1, -0.05) is 32.0 Å². The Labute approximate surface area is 114 Å². The molecule has 0 aromatic heterocycles. The minimum atomic E-state index is -0.762. The first-order chi connectivity index (χ1) is 9.00. The van der Waals surface area contributed by atoms with Gasteiger partial charge in [0.1, 0.15) is 0 Å². The van der Waals surface area contributed by atoms with E-state index >= 15 is 0 Å². The smallest absolute Gasteiger partial charge is 0.304 e. The summed E-state index contributed by atoms with van der Waals surface area (Å²) in [6.45, 7) is 7.16. The van der Waals surface area contributed by atoms with Crippen molar-refractivity contribution in [3.05, 3.63) is 29.8 Å². The number of para-hydroxylation sites is 1. The maximum Gasteiger partial charge on any atom is 0.304 e. The van der Waals surface area contributed by atoms with Crippen molar-refractivity contribution in [1.29, 1.82) is 0 Å². The van der Waals surface area contributed by atoms with Crippen LogP contribution < -0.4 is 4.90 Å². The zero-order chi connectivity index (χ0) is 13.9. The number of rotatable bonds is 4. The molecule has 1 heterocycles. The molecule has 1 saturated heterocycles. The molecule has 1 aliphatic rings. The van der Waals surface area contributed by atoms with Gasteiger partial charge >= 0.3 is 5.97 Å². The lowest BCUT2D eigenvalue weighted by Crippen LogP contribution is -2.38. The molecule has 1 fully saturated rings. The van der Waals surface area contributed by atoms with Crippen LogP contribution in [0.1, 0.15) is 25.8 Å². The highest BCUT2D eigenvalue weighted by molar-refractivity contribution is 5.70. The zero-order valence-corrected chi connectivity index (χ0v) is 11.6. The molecular weight excluding hydrogens is 242 g/mol. The Morgan fingerprint density at radius 3 is 2.58 bits per heavy atom. The average molecular weight is 263 g/mol. The molecule has 0 radical (unpaired) electrons. The van der Waals surface area contributed by atoms with E-state index in [1.807, 2.05) is 32.0 Å². The molecule has 1 aliphatic heterocycles. The van der Waals surface area contributed by atoms with Crippen LogP contribution in [0.25, 0.3) is 0 Å². The minimum Gasteiger partial charge on any atom is -0.481 e. The Hall–Kier alpha value is -1.55. The molecule has 2 rings (SSSR count). The molecule has 4 heteroatoms. The third kappa shape index (κ3) is 3.26. The van der Waals surface area contributed by atoms with E-state index in [4.69, 9.17) is 9.84 Å². The molecule has 0 saturated carbocycles. The number of hydrogen-bond acceptors (Lipinski definition) is 3.